The van der Waals surface area contributed by atoms with Crippen LogP contribution in [-0.2, 0) is 16.1 Å². The maximum atomic E-state index is 13.4. The smallest absolute Gasteiger partial charge is 0.262 e. The Hall–Kier alpha value is -5.03. The Morgan fingerprint density at radius 3 is 2.28 bits per heavy atom. The predicted molar refractivity (Wildman–Crippen MR) is 222 cm³/mol. The highest BCUT2D eigenvalue weighted by molar-refractivity contribution is 6.33. The minimum absolute atomic E-state index is 0.104. The number of piperidine rings is 3. The molecule has 0 radical (unpaired) electrons. The van der Waals surface area contributed by atoms with Crippen molar-refractivity contribution < 1.29 is 19.2 Å². The van der Waals surface area contributed by atoms with Crippen LogP contribution in [0, 0.1) is 12.0 Å². The van der Waals surface area contributed by atoms with E-state index >= 15 is 0 Å². The molecule has 7 heterocycles. The van der Waals surface area contributed by atoms with Crippen molar-refractivity contribution in [2.75, 3.05) is 73.6 Å². The van der Waals surface area contributed by atoms with Gasteiger partial charge in [-0.1, -0.05) is 23.7 Å². The average molecular weight is 804 g/mol. The van der Waals surface area contributed by atoms with Crippen LogP contribution in [-0.4, -0.2) is 120 Å². The maximum absolute atomic E-state index is 13.4. The van der Waals surface area contributed by atoms with Crippen molar-refractivity contribution >= 4 is 58.1 Å². The van der Waals surface area contributed by atoms with Crippen LogP contribution in [0.25, 0.3) is 4.85 Å². The summed E-state index contributed by atoms with van der Waals surface area (Å²) in [5.74, 6) is -0.849. The summed E-state index contributed by atoms with van der Waals surface area (Å²) in [6.45, 7) is 19.4. The number of fused-ring (bicyclic) bond motifs is 1. The van der Waals surface area contributed by atoms with Crippen molar-refractivity contribution in [2.24, 2.45) is 5.41 Å². The van der Waals surface area contributed by atoms with Gasteiger partial charge in [0.05, 0.1) is 17.7 Å². The van der Waals surface area contributed by atoms with Gasteiger partial charge in [0, 0.05) is 107 Å². The molecule has 9 rings (SSSR count). The van der Waals surface area contributed by atoms with Gasteiger partial charge in [-0.05, 0) is 92.8 Å². The summed E-state index contributed by atoms with van der Waals surface area (Å²) in [7, 11) is 0. The number of amides is 4. The predicted octanol–water partition coefficient (Wildman–Crippen LogP) is 5.36. The third kappa shape index (κ3) is 7.31. The summed E-state index contributed by atoms with van der Waals surface area (Å²) in [6, 6.07) is 15.7. The van der Waals surface area contributed by atoms with Gasteiger partial charge in [0.25, 0.3) is 11.8 Å². The van der Waals surface area contributed by atoms with E-state index in [2.05, 4.69) is 59.9 Å². The van der Waals surface area contributed by atoms with Crippen molar-refractivity contribution in [3.8, 4) is 0 Å². The number of pyridine rings is 1. The molecule has 1 spiro atoms. The number of halogens is 1. The number of imide groups is 2. The highest BCUT2D eigenvalue weighted by Crippen LogP contribution is 2.46. The van der Waals surface area contributed by atoms with E-state index in [0.717, 1.165) is 113 Å². The van der Waals surface area contributed by atoms with Gasteiger partial charge in [-0.25, -0.2) is 9.83 Å². The Labute approximate surface area is 344 Å². The summed E-state index contributed by atoms with van der Waals surface area (Å²) in [4.78, 5) is 72.4. The van der Waals surface area contributed by atoms with Gasteiger partial charge in [-0.3, -0.25) is 39.2 Å². The Morgan fingerprint density at radius 1 is 0.845 bits per heavy atom. The number of nitrogens with zero attached hydrogens (tertiary/aromatic N) is 8. The molecule has 1 unspecified atom stereocenters. The summed E-state index contributed by atoms with van der Waals surface area (Å²) < 4.78 is 0. The lowest BCUT2D eigenvalue weighted by Crippen LogP contribution is -2.54. The van der Waals surface area contributed by atoms with Gasteiger partial charge in [0.1, 0.15) is 11.9 Å². The largest absolute Gasteiger partial charge is 0.371 e. The zero-order valence-corrected chi connectivity index (χ0v) is 33.8. The molecule has 58 heavy (non-hydrogen) atoms. The molecule has 0 bridgehead atoms. The number of nitrogens with one attached hydrogen (secondary N) is 1. The van der Waals surface area contributed by atoms with Gasteiger partial charge < -0.3 is 14.7 Å². The molecule has 4 amide bonds. The molecule has 0 aliphatic carbocycles. The van der Waals surface area contributed by atoms with Crippen LogP contribution in [0.15, 0.2) is 54.7 Å². The van der Waals surface area contributed by atoms with E-state index in [9.17, 15) is 19.2 Å². The number of anilines is 3. The first-order chi connectivity index (χ1) is 28.1. The molecule has 2 aromatic carbocycles. The van der Waals surface area contributed by atoms with Crippen molar-refractivity contribution in [1.29, 1.82) is 0 Å². The van der Waals surface area contributed by atoms with Crippen LogP contribution in [0.4, 0.5) is 22.9 Å². The summed E-state index contributed by atoms with van der Waals surface area (Å²) in [5.41, 5.74) is 4.71. The minimum atomic E-state index is -0.958. The molecule has 6 aliphatic heterocycles. The number of piperazine rings is 1. The summed E-state index contributed by atoms with van der Waals surface area (Å²) >= 11 is 6.39. The number of aromatic nitrogens is 1. The topological polar surface area (TPSA) is 117 Å². The summed E-state index contributed by atoms with van der Waals surface area (Å²) in [6.07, 6.45) is 7.81. The standard InChI is InChI=1S/C44H50ClN9O4/c1-29-25-44(28-53(29)33-5-7-37(46-2)36(45)24-33)13-17-52(18-14-44)39-9-3-30(26-47-39)27-49-19-21-51(22-20-49)31-11-15-50(16-12-31)32-4-6-34-35(23-32)43(58)54(42(34)57)38-8-10-40(55)48-41(38)56/h3-7,9,23-24,26,29,31,38H,8,10-22,25,27-28H2,1H3,(H,48,55,56)/t29-,38?/m0/s1. The molecule has 13 nitrogen and oxygen atoms in total. The molecule has 1 N–H and O–H groups in total. The van der Waals surface area contributed by atoms with Crippen LogP contribution in [0.3, 0.4) is 0 Å². The SMILES string of the molecule is [C-]#[N+]c1ccc(N2CC3(CCN(c4ccc(CN5CCN(C6CCN(c7ccc8c(c7)C(=O)N(C7CCC(=O)NC7=O)C8=O)CC6)CC5)cn4)CC3)C[C@@H]2C)cc1Cl. The molecule has 5 fully saturated rings. The second kappa shape index (κ2) is 15.6. The van der Waals surface area contributed by atoms with E-state index in [4.69, 9.17) is 23.2 Å². The fourth-order valence-corrected chi connectivity index (χ4v) is 10.6. The number of benzene rings is 2. The maximum Gasteiger partial charge on any atom is 0.262 e. The normalized spacial score (nSPS) is 24.4. The van der Waals surface area contributed by atoms with Crippen LogP contribution < -0.4 is 20.0 Å². The molecule has 3 aromatic rings. The van der Waals surface area contributed by atoms with Crippen molar-refractivity contribution in [2.45, 2.75) is 76.5 Å². The lowest BCUT2D eigenvalue weighted by molar-refractivity contribution is -0.136. The molecule has 302 valence electrons. The zero-order chi connectivity index (χ0) is 40.1. The fraction of sp³-hybridized carbons (Fsp3) is 0.500. The van der Waals surface area contributed by atoms with Crippen LogP contribution in [0.5, 0.6) is 0 Å². The van der Waals surface area contributed by atoms with Gasteiger partial charge >= 0.3 is 0 Å². The molecule has 1 aromatic heterocycles. The van der Waals surface area contributed by atoms with E-state index < -0.39 is 23.8 Å². The molecular formula is C44H50ClN9O4. The van der Waals surface area contributed by atoms with Gasteiger partial charge in [-0.2, -0.15) is 0 Å². The van der Waals surface area contributed by atoms with Crippen LogP contribution >= 0.6 is 11.6 Å². The second-order valence-electron chi connectivity index (χ2n) is 17.1. The number of hydrogen-bond acceptors (Lipinski definition) is 10. The van der Waals surface area contributed by atoms with Gasteiger partial charge in [0.15, 0.2) is 0 Å². The number of hydrogen-bond donors (Lipinski definition) is 1. The third-order valence-corrected chi connectivity index (χ3v) is 14.0. The van der Waals surface area contributed by atoms with Gasteiger partial charge in [-0.15, -0.1) is 0 Å². The molecule has 5 saturated heterocycles. The van der Waals surface area contributed by atoms with Crippen molar-refractivity contribution in [1.82, 2.24) is 25.0 Å². The highest BCUT2D eigenvalue weighted by Gasteiger charge is 2.46. The Bertz CT molecular complexity index is 2150. The monoisotopic (exact) mass is 803 g/mol. The Balaban J connectivity index is 0.720. The first-order valence-electron chi connectivity index (χ1n) is 20.8. The average Bonchev–Trinajstić information content (AvgIpc) is 3.69. The minimum Gasteiger partial charge on any atom is -0.371 e. The molecule has 6 aliphatic rings. The molecule has 14 heteroatoms. The first-order valence-corrected chi connectivity index (χ1v) is 21.2. The van der Waals surface area contributed by atoms with E-state index in [1.54, 1.807) is 12.1 Å². The zero-order valence-electron chi connectivity index (χ0n) is 33.0. The van der Waals surface area contributed by atoms with Crippen LogP contribution in [0.2, 0.25) is 5.02 Å². The molecule has 0 saturated carbocycles. The number of carbonyl (C=O) groups excluding carboxylic acids is 4. The van der Waals surface area contributed by atoms with Crippen molar-refractivity contribution in [3.63, 3.8) is 0 Å². The number of carbonyl (C=O) groups is 4. The third-order valence-electron chi connectivity index (χ3n) is 13.7. The van der Waals surface area contributed by atoms with Gasteiger partial charge in [0.2, 0.25) is 17.5 Å². The molecular weight excluding hydrogens is 754 g/mol. The second-order valence-corrected chi connectivity index (χ2v) is 17.6. The van der Waals surface area contributed by atoms with E-state index in [1.165, 1.54) is 12.0 Å². The quantitative estimate of drug-likeness (QED) is 0.247. The van der Waals surface area contributed by atoms with E-state index in [1.807, 2.05) is 24.3 Å². The fourth-order valence-electron chi connectivity index (χ4n) is 10.4. The van der Waals surface area contributed by atoms with Crippen molar-refractivity contribution in [3.05, 3.63) is 87.9 Å². The van der Waals surface area contributed by atoms with Crippen LogP contribution in [0.1, 0.15) is 78.1 Å². The summed E-state index contributed by atoms with van der Waals surface area (Å²) in [5, 5.41) is 2.79. The highest BCUT2D eigenvalue weighted by atomic mass is 35.5. The van der Waals surface area contributed by atoms with E-state index in [-0.39, 0.29) is 24.2 Å². The molecule has 2 atom stereocenters. The first kappa shape index (κ1) is 38.5. The van der Waals surface area contributed by atoms with E-state index in [0.29, 0.717) is 33.9 Å². The lowest BCUT2D eigenvalue weighted by Gasteiger charge is -2.43. The Kier molecular flexibility index (Phi) is 10.4. The lowest BCUT2D eigenvalue weighted by atomic mass is 9.77. The number of rotatable bonds is 7. The Morgan fingerprint density at radius 2 is 1.59 bits per heavy atom.